The van der Waals surface area contributed by atoms with Crippen LogP contribution < -0.4 is 24.3 Å². The van der Waals surface area contributed by atoms with Crippen LogP contribution in [0, 0.1) is 6.92 Å². The van der Waals surface area contributed by atoms with Gasteiger partial charge in [-0.05, 0) is 48.9 Å². The summed E-state index contributed by atoms with van der Waals surface area (Å²) in [5.74, 6) is 2.28. The highest BCUT2D eigenvalue weighted by atomic mass is 16.5. The monoisotopic (exact) mass is 407 g/mol. The molecule has 0 saturated carbocycles. The maximum atomic E-state index is 12.2. The summed E-state index contributed by atoms with van der Waals surface area (Å²) in [6.07, 6.45) is 0. The number of rotatable bonds is 10. The molecule has 3 aromatic carbocycles. The Labute approximate surface area is 176 Å². The summed E-state index contributed by atoms with van der Waals surface area (Å²) in [5, 5.41) is 2.80. The van der Waals surface area contributed by atoms with Gasteiger partial charge in [0.25, 0.3) is 5.91 Å². The topological polar surface area (TPSA) is 66.0 Å². The second-order valence-corrected chi connectivity index (χ2v) is 6.53. The molecule has 0 aliphatic heterocycles. The first kappa shape index (κ1) is 21.0. The lowest BCUT2D eigenvalue weighted by Gasteiger charge is -2.12. The molecule has 0 heterocycles. The number of methoxy groups -OCH3 is 1. The number of para-hydroxylation sites is 1. The molecular formula is C24H25NO5. The lowest BCUT2D eigenvalue weighted by molar-refractivity contribution is -0.118. The largest absolute Gasteiger partial charge is 0.493 e. The van der Waals surface area contributed by atoms with Crippen LogP contribution >= 0.6 is 0 Å². The number of hydrogen-bond acceptors (Lipinski definition) is 5. The molecule has 0 spiro atoms. The molecule has 0 aromatic heterocycles. The van der Waals surface area contributed by atoms with Gasteiger partial charge in [-0.1, -0.05) is 30.3 Å². The summed E-state index contributed by atoms with van der Waals surface area (Å²) in [6, 6.07) is 22.3. The lowest BCUT2D eigenvalue weighted by Crippen LogP contribution is -2.20. The van der Waals surface area contributed by atoms with Crippen LogP contribution in [-0.4, -0.2) is 32.8 Å². The minimum atomic E-state index is -0.276. The Morgan fingerprint density at radius 3 is 2.30 bits per heavy atom. The van der Waals surface area contributed by atoms with Gasteiger partial charge in [-0.2, -0.15) is 0 Å². The fourth-order valence-corrected chi connectivity index (χ4v) is 2.73. The molecule has 30 heavy (non-hydrogen) atoms. The normalized spacial score (nSPS) is 10.2. The quantitative estimate of drug-likeness (QED) is 0.502. The summed E-state index contributed by atoms with van der Waals surface area (Å²) < 4.78 is 22.2. The zero-order valence-electron chi connectivity index (χ0n) is 17.1. The van der Waals surface area contributed by atoms with Crippen LogP contribution in [0.1, 0.15) is 5.56 Å². The number of hydrogen-bond donors (Lipinski definition) is 1. The molecule has 0 aliphatic carbocycles. The fourth-order valence-electron chi connectivity index (χ4n) is 2.73. The van der Waals surface area contributed by atoms with Crippen molar-refractivity contribution >= 4 is 11.6 Å². The van der Waals surface area contributed by atoms with Gasteiger partial charge < -0.3 is 24.3 Å². The second kappa shape index (κ2) is 10.8. The van der Waals surface area contributed by atoms with Gasteiger partial charge in [-0.25, -0.2) is 0 Å². The van der Waals surface area contributed by atoms with E-state index >= 15 is 0 Å². The van der Waals surface area contributed by atoms with Crippen LogP contribution in [-0.2, 0) is 4.79 Å². The molecule has 0 fully saturated rings. The standard InChI is InChI=1S/C24H25NO5/c1-18-11-12-22(23(15-18)27-2)30-17-24(26)25-19-7-6-10-21(16-19)29-14-13-28-20-8-4-3-5-9-20/h3-12,15-16H,13-14,17H2,1-2H3,(H,25,26). The van der Waals surface area contributed by atoms with Crippen molar-refractivity contribution in [3.05, 3.63) is 78.4 Å². The molecule has 6 heteroatoms. The van der Waals surface area contributed by atoms with E-state index in [-0.39, 0.29) is 12.5 Å². The third-order valence-corrected chi connectivity index (χ3v) is 4.16. The van der Waals surface area contributed by atoms with Gasteiger partial charge in [0, 0.05) is 11.8 Å². The predicted molar refractivity (Wildman–Crippen MR) is 116 cm³/mol. The smallest absolute Gasteiger partial charge is 0.262 e. The van der Waals surface area contributed by atoms with Crippen molar-refractivity contribution < 1.29 is 23.7 Å². The Kier molecular flexibility index (Phi) is 7.55. The van der Waals surface area contributed by atoms with Crippen molar-refractivity contribution in [2.45, 2.75) is 6.92 Å². The predicted octanol–water partition coefficient (Wildman–Crippen LogP) is 4.48. The number of nitrogens with one attached hydrogen (secondary N) is 1. The van der Waals surface area contributed by atoms with Crippen molar-refractivity contribution in [2.24, 2.45) is 0 Å². The molecule has 0 aliphatic rings. The number of anilines is 1. The number of amides is 1. The van der Waals surface area contributed by atoms with Crippen molar-refractivity contribution in [3.63, 3.8) is 0 Å². The molecule has 0 bridgehead atoms. The molecule has 0 unspecified atom stereocenters. The highest BCUT2D eigenvalue weighted by molar-refractivity contribution is 5.92. The highest BCUT2D eigenvalue weighted by Gasteiger charge is 2.09. The van der Waals surface area contributed by atoms with Gasteiger partial charge in [0.05, 0.1) is 7.11 Å². The van der Waals surface area contributed by atoms with E-state index in [0.29, 0.717) is 36.1 Å². The minimum absolute atomic E-state index is 0.130. The molecule has 0 saturated heterocycles. The van der Waals surface area contributed by atoms with Gasteiger partial charge in [-0.3, -0.25) is 4.79 Å². The summed E-state index contributed by atoms with van der Waals surface area (Å²) in [4.78, 5) is 12.2. The molecular weight excluding hydrogens is 382 g/mol. The fraction of sp³-hybridized carbons (Fsp3) is 0.208. The average molecular weight is 407 g/mol. The molecule has 3 aromatic rings. The number of aryl methyl sites for hydroxylation is 1. The first-order valence-electron chi connectivity index (χ1n) is 9.62. The minimum Gasteiger partial charge on any atom is -0.493 e. The summed E-state index contributed by atoms with van der Waals surface area (Å²) in [6.45, 7) is 2.65. The molecule has 0 radical (unpaired) electrons. The van der Waals surface area contributed by atoms with Gasteiger partial charge in [-0.15, -0.1) is 0 Å². The van der Waals surface area contributed by atoms with Crippen molar-refractivity contribution in [2.75, 3.05) is 32.2 Å². The maximum Gasteiger partial charge on any atom is 0.262 e. The van der Waals surface area contributed by atoms with E-state index in [1.807, 2.05) is 61.5 Å². The molecule has 156 valence electrons. The van der Waals surface area contributed by atoms with Crippen molar-refractivity contribution in [1.82, 2.24) is 0 Å². The van der Waals surface area contributed by atoms with E-state index in [9.17, 15) is 4.79 Å². The van der Waals surface area contributed by atoms with Crippen LogP contribution in [0.3, 0.4) is 0 Å². The average Bonchev–Trinajstić information content (AvgIpc) is 2.77. The highest BCUT2D eigenvalue weighted by Crippen LogP contribution is 2.27. The molecule has 3 rings (SSSR count). The van der Waals surface area contributed by atoms with Crippen molar-refractivity contribution in [3.8, 4) is 23.0 Å². The second-order valence-electron chi connectivity index (χ2n) is 6.53. The van der Waals surface area contributed by atoms with Gasteiger partial charge in [0.15, 0.2) is 18.1 Å². The van der Waals surface area contributed by atoms with Gasteiger partial charge in [0.2, 0.25) is 0 Å². The molecule has 1 N–H and O–H groups in total. The van der Waals surface area contributed by atoms with Crippen LogP contribution in [0.2, 0.25) is 0 Å². The van der Waals surface area contributed by atoms with Crippen molar-refractivity contribution in [1.29, 1.82) is 0 Å². The SMILES string of the molecule is COc1cc(C)ccc1OCC(=O)Nc1cccc(OCCOc2ccccc2)c1. The van der Waals surface area contributed by atoms with Crippen LogP contribution in [0.4, 0.5) is 5.69 Å². The third-order valence-electron chi connectivity index (χ3n) is 4.16. The van der Waals surface area contributed by atoms with Gasteiger partial charge >= 0.3 is 0 Å². The zero-order chi connectivity index (χ0) is 21.2. The maximum absolute atomic E-state index is 12.2. The number of carbonyl (C=O) groups is 1. The lowest BCUT2D eigenvalue weighted by atomic mass is 10.2. The number of carbonyl (C=O) groups excluding carboxylic acids is 1. The van der Waals surface area contributed by atoms with E-state index < -0.39 is 0 Å². The Morgan fingerprint density at radius 1 is 0.800 bits per heavy atom. The first-order valence-corrected chi connectivity index (χ1v) is 9.62. The molecule has 0 atom stereocenters. The number of ether oxygens (including phenoxy) is 4. The first-order chi connectivity index (χ1) is 14.6. The summed E-state index contributed by atoms with van der Waals surface area (Å²) in [7, 11) is 1.57. The van der Waals surface area contributed by atoms with Crippen LogP contribution in [0.15, 0.2) is 72.8 Å². The zero-order valence-corrected chi connectivity index (χ0v) is 17.1. The van der Waals surface area contributed by atoms with Crippen LogP contribution in [0.25, 0.3) is 0 Å². The van der Waals surface area contributed by atoms with E-state index in [0.717, 1.165) is 11.3 Å². The Balaban J connectivity index is 1.45. The summed E-state index contributed by atoms with van der Waals surface area (Å²) >= 11 is 0. The molecule has 1 amide bonds. The Bertz CT molecular complexity index is 959. The van der Waals surface area contributed by atoms with Gasteiger partial charge in [0.1, 0.15) is 24.7 Å². The number of benzene rings is 3. The molecule has 6 nitrogen and oxygen atoms in total. The van der Waals surface area contributed by atoms with E-state index in [1.165, 1.54) is 0 Å². The van der Waals surface area contributed by atoms with Crippen LogP contribution in [0.5, 0.6) is 23.0 Å². The Morgan fingerprint density at radius 2 is 1.53 bits per heavy atom. The van der Waals surface area contributed by atoms with E-state index in [2.05, 4.69) is 5.32 Å². The Hall–Kier alpha value is -3.67. The van der Waals surface area contributed by atoms with E-state index in [1.54, 1.807) is 25.3 Å². The van der Waals surface area contributed by atoms with E-state index in [4.69, 9.17) is 18.9 Å². The third kappa shape index (κ3) is 6.44. The summed E-state index contributed by atoms with van der Waals surface area (Å²) in [5.41, 5.74) is 1.68.